The maximum absolute atomic E-state index is 11.1. The van der Waals surface area contributed by atoms with E-state index in [1.807, 2.05) is 0 Å². The second kappa shape index (κ2) is 10.7. The van der Waals surface area contributed by atoms with Gasteiger partial charge in [0.1, 0.15) is 9.84 Å². The average molecular weight is 445 g/mol. The van der Waals surface area contributed by atoms with E-state index in [0.29, 0.717) is 13.0 Å². The van der Waals surface area contributed by atoms with Crippen LogP contribution in [0.1, 0.15) is 40.0 Å². The highest BCUT2D eigenvalue weighted by atomic mass is 127. The fourth-order valence-corrected chi connectivity index (χ4v) is 3.48. The third kappa shape index (κ3) is 9.17. The van der Waals surface area contributed by atoms with Gasteiger partial charge in [0.2, 0.25) is 0 Å². The lowest BCUT2D eigenvalue weighted by Gasteiger charge is -2.22. The van der Waals surface area contributed by atoms with E-state index in [4.69, 9.17) is 0 Å². The second-order valence-corrected chi connectivity index (χ2v) is 8.71. The Bertz CT molecular complexity index is 438. The van der Waals surface area contributed by atoms with Gasteiger partial charge in [-0.1, -0.05) is 13.8 Å². The van der Waals surface area contributed by atoms with Crippen molar-refractivity contribution in [3.05, 3.63) is 0 Å². The van der Waals surface area contributed by atoms with Crippen molar-refractivity contribution in [3.63, 3.8) is 0 Å². The summed E-state index contributed by atoms with van der Waals surface area (Å²) >= 11 is 0. The van der Waals surface area contributed by atoms with Gasteiger partial charge in [-0.2, -0.15) is 0 Å². The molecular formula is C15H32IN3O2S. The van der Waals surface area contributed by atoms with Crippen molar-refractivity contribution in [2.45, 2.75) is 40.0 Å². The molecule has 1 atom stereocenters. The third-order valence-corrected chi connectivity index (χ3v) is 4.69. The summed E-state index contributed by atoms with van der Waals surface area (Å²) in [6, 6.07) is 0. The van der Waals surface area contributed by atoms with Crippen molar-refractivity contribution in [3.8, 4) is 0 Å². The van der Waals surface area contributed by atoms with Gasteiger partial charge in [-0.15, -0.1) is 24.0 Å². The Kier molecular flexibility index (Phi) is 10.6. The Balaban J connectivity index is 0.00000441. The molecule has 0 amide bonds. The van der Waals surface area contributed by atoms with Crippen molar-refractivity contribution in [1.29, 1.82) is 0 Å². The summed E-state index contributed by atoms with van der Waals surface area (Å²) in [7, 11) is -2.88. The topological polar surface area (TPSA) is 61.8 Å². The molecule has 0 aromatic rings. The van der Waals surface area contributed by atoms with E-state index in [-0.39, 0.29) is 29.7 Å². The monoisotopic (exact) mass is 445 g/mol. The molecule has 0 radical (unpaired) electrons. The van der Waals surface area contributed by atoms with Crippen molar-refractivity contribution >= 4 is 39.8 Å². The number of nitrogens with one attached hydrogen (secondary N) is 1. The summed E-state index contributed by atoms with van der Waals surface area (Å²) in [6.45, 7) is 10.1. The molecule has 1 unspecified atom stereocenters. The van der Waals surface area contributed by atoms with E-state index in [0.717, 1.165) is 37.4 Å². The third-order valence-electron chi connectivity index (χ3n) is 3.66. The van der Waals surface area contributed by atoms with Crippen LogP contribution in [0.2, 0.25) is 0 Å². The molecule has 1 saturated heterocycles. The van der Waals surface area contributed by atoms with Gasteiger partial charge >= 0.3 is 0 Å². The van der Waals surface area contributed by atoms with Gasteiger partial charge < -0.3 is 10.2 Å². The second-order valence-electron chi connectivity index (χ2n) is 6.45. The number of hydrogen-bond acceptors (Lipinski definition) is 3. The van der Waals surface area contributed by atoms with Crippen LogP contribution in [0.15, 0.2) is 4.99 Å². The highest BCUT2D eigenvalue weighted by molar-refractivity contribution is 14.0. The van der Waals surface area contributed by atoms with Gasteiger partial charge in [-0.25, -0.2) is 8.42 Å². The smallest absolute Gasteiger partial charge is 0.193 e. The first-order chi connectivity index (χ1) is 9.81. The van der Waals surface area contributed by atoms with Crippen LogP contribution < -0.4 is 5.32 Å². The van der Waals surface area contributed by atoms with Crippen LogP contribution in [0.4, 0.5) is 0 Å². The first-order valence-corrected chi connectivity index (χ1v) is 10.1. The van der Waals surface area contributed by atoms with Crippen LogP contribution in [0.3, 0.4) is 0 Å². The minimum Gasteiger partial charge on any atom is -0.357 e. The van der Waals surface area contributed by atoms with Crippen LogP contribution in [-0.4, -0.2) is 57.5 Å². The van der Waals surface area contributed by atoms with E-state index in [1.165, 1.54) is 19.1 Å². The summed E-state index contributed by atoms with van der Waals surface area (Å²) in [5, 5.41) is 3.32. The van der Waals surface area contributed by atoms with Crippen LogP contribution in [0, 0.1) is 11.8 Å². The van der Waals surface area contributed by atoms with E-state index < -0.39 is 9.84 Å². The lowest BCUT2D eigenvalue weighted by Crippen LogP contribution is -2.40. The zero-order valence-electron chi connectivity index (χ0n) is 14.3. The summed E-state index contributed by atoms with van der Waals surface area (Å²) in [6.07, 6.45) is 4.37. The van der Waals surface area contributed by atoms with Crippen molar-refractivity contribution < 1.29 is 8.42 Å². The lowest BCUT2D eigenvalue weighted by atomic mass is 9.97. The first kappa shape index (κ1) is 21.9. The lowest BCUT2D eigenvalue weighted by molar-refractivity contribution is 0.403. The van der Waals surface area contributed by atoms with E-state index in [2.05, 4.69) is 36.0 Å². The van der Waals surface area contributed by atoms with Crippen molar-refractivity contribution in [1.82, 2.24) is 10.2 Å². The van der Waals surface area contributed by atoms with Gasteiger partial charge in [-0.05, 0) is 38.0 Å². The Morgan fingerprint density at radius 2 is 2.09 bits per heavy atom. The molecule has 1 aliphatic heterocycles. The fraction of sp³-hybridized carbons (Fsp3) is 0.933. The number of aliphatic imine (C=N–C) groups is 1. The Morgan fingerprint density at radius 3 is 2.64 bits per heavy atom. The van der Waals surface area contributed by atoms with Gasteiger partial charge in [0, 0.05) is 32.4 Å². The predicted molar refractivity (Wildman–Crippen MR) is 105 cm³/mol. The number of halogens is 1. The molecule has 0 saturated carbocycles. The number of sulfone groups is 1. The number of rotatable bonds is 7. The molecule has 132 valence electrons. The fourth-order valence-electron chi connectivity index (χ4n) is 2.82. The van der Waals surface area contributed by atoms with E-state index in [1.54, 1.807) is 0 Å². The number of guanidine groups is 1. The largest absolute Gasteiger partial charge is 0.357 e. The summed E-state index contributed by atoms with van der Waals surface area (Å²) in [4.78, 5) is 6.90. The molecule has 0 spiro atoms. The Hall–Kier alpha value is -0.0500. The normalized spacial score (nSPS) is 19.4. The molecule has 22 heavy (non-hydrogen) atoms. The van der Waals surface area contributed by atoms with Crippen LogP contribution in [0.5, 0.6) is 0 Å². The summed E-state index contributed by atoms with van der Waals surface area (Å²) in [5.41, 5.74) is 0. The molecule has 1 aliphatic rings. The molecule has 1 rings (SSSR count). The molecule has 1 fully saturated rings. The maximum atomic E-state index is 11.1. The van der Waals surface area contributed by atoms with E-state index >= 15 is 0 Å². The predicted octanol–water partition coefficient (Wildman–Crippen LogP) is 2.37. The molecule has 0 aromatic carbocycles. The standard InChI is InChI=1S/C15H31N3O2S.HI/c1-5-16-15(17-8-6-10-21(4,19)20)18-9-7-14(12-18)11-13(2)3;/h13-14H,5-12H2,1-4H3,(H,16,17);1H. The van der Waals surface area contributed by atoms with Gasteiger partial charge in [0.15, 0.2) is 5.96 Å². The maximum Gasteiger partial charge on any atom is 0.193 e. The zero-order chi connectivity index (χ0) is 15.9. The Labute approximate surface area is 153 Å². The van der Waals surface area contributed by atoms with E-state index in [9.17, 15) is 8.42 Å². The minimum atomic E-state index is -2.88. The summed E-state index contributed by atoms with van der Waals surface area (Å²) in [5.74, 6) is 2.65. The van der Waals surface area contributed by atoms with Crippen molar-refractivity contribution in [2.75, 3.05) is 38.2 Å². The van der Waals surface area contributed by atoms with Crippen molar-refractivity contribution in [2.24, 2.45) is 16.8 Å². The minimum absolute atomic E-state index is 0. The molecule has 0 bridgehead atoms. The summed E-state index contributed by atoms with van der Waals surface area (Å²) < 4.78 is 22.3. The van der Waals surface area contributed by atoms with Crippen LogP contribution >= 0.6 is 24.0 Å². The molecule has 1 heterocycles. The first-order valence-electron chi connectivity index (χ1n) is 8.02. The quantitative estimate of drug-likeness (QED) is 0.283. The average Bonchev–Trinajstić information content (AvgIpc) is 2.79. The van der Waals surface area contributed by atoms with Gasteiger partial charge in [0.05, 0.1) is 5.75 Å². The molecule has 0 aliphatic carbocycles. The Morgan fingerprint density at radius 1 is 1.41 bits per heavy atom. The van der Waals surface area contributed by atoms with Crippen LogP contribution in [0.25, 0.3) is 0 Å². The molecular weight excluding hydrogens is 413 g/mol. The highest BCUT2D eigenvalue weighted by Gasteiger charge is 2.25. The number of likely N-dealkylation sites (tertiary alicyclic amines) is 1. The highest BCUT2D eigenvalue weighted by Crippen LogP contribution is 2.23. The molecule has 1 N–H and O–H groups in total. The van der Waals surface area contributed by atoms with Gasteiger partial charge in [-0.3, -0.25) is 4.99 Å². The zero-order valence-corrected chi connectivity index (χ0v) is 17.5. The number of nitrogens with zero attached hydrogens (tertiary/aromatic N) is 2. The number of hydrogen-bond donors (Lipinski definition) is 1. The molecule has 5 nitrogen and oxygen atoms in total. The van der Waals surface area contributed by atoms with Crippen LogP contribution in [-0.2, 0) is 9.84 Å². The molecule has 7 heteroatoms. The van der Waals surface area contributed by atoms with Gasteiger partial charge in [0.25, 0.3) is 0 Å². The SMILES string of the molecule is CCNC(=NCCCS(C)(=O)=O)N1CCC(CC(C)C)C1.I. The molecule has 0 aromatic heterocycles.